The third-order valence-corrected chi connectivity index (χ3v) is 3.65. The molecule has 0 saturated carbocycles. The molecule has 1 N–H and O–H groups in total. The molecule has 1 aliphatic heterocycles. The Morgan fingerprint density at radius 1 is 1.29 bits per heavy atom. The summed E-state index contributed by atoms with van der Waals surface area (Å²) in [5.41, 5.74) is 0.875. The molecule has 21 heavy (non-hydrogen) atoms. The highest BCUT2D eigenvalue weighted by atomic mass is 35.5. The minimum absolute atomic E-state index is 0.0853. The van der Waals surface area contributed by atoms with Crippen LogP contribution in [0.15, 0.2) is 35.5 Å². The van der Waals surface area contributed by atoms with E-state index in [0.29, 0.717) is 6.42 Å². The summed E-state index contributed by atoms with van der Waals surface area (Å²) in [6.07, 6.45) is -5.95. The number of hydrogen-bond acceptors (Lipinski definition) is 2. The Hall–Kier alpha value is -1.43. The number of benzene rings is 1. The van der Waals surface area contributed by atoms with E-state index in [-0.39, 0.29) is 17.7 Å². The summed E-state index contributed by atoms with van der Waals surface area (Å²) in [4.78, 5) is 0. The van der Waals surface area contributed by atoms with E-state index in [4.69, 9.17) is 11.6 Å². The fourth-order valence-corrected chi connectivity index (χ4v) is 2.35. The third kappa shape index (κ3) is 3.81. The Balaban J connectivity index is 2.02. The molecule has 2 rings (SSSR count). The SMILES string of the molecule is CC(c1ccc(OC(F)(F)C(F)F)cc1)C1CC(Cl)=CN1. The van der Waals surface area contributed by atoms with Gasteiger partial charge in [-0.2, -0.15) is 17.6 Å². The Bertz CT molecular complexity index is 518. The summed E-state index contributed by atoms with van der Waals surface area (Å²) in [5.74, 6) is -0.214. The standard InChI is InChI=1S/C14H14ClF4NO/c1-8(12-6-10(15)7-20-12)9-2-4-11(5-3-9)21-14(18,19)13(16)17/h2-5,7-8,12-13,20H,6H2,1H3. The number of alkyl halides is 4. The number of halogens is 5. The molecule has 0 saturated heterocycles. The van der Waals surface area contributed by atoms with Crippen molar-refractivity contribution in [1.29, 1.82) is 0 Å². The molecule has 0 amide bonds. The van der Waals surface area contributed by atoms with Crippen LogP contribution in [0, 0.1) is 0 Å². The lowest BCUT2D eigenvalue weighted by atomic mass is 9.92. The largest absolute Gasteiger partial charge is 0.461 e. The van der Waals surface area contributed by atoms with Crippen molar-refractivity contribution in [2.45, 2.75) is 37.8 Å². The van der Waals surface area contributed by atoms with Crippen molar-refractivity contribution in [3.05, 3.63) is 41.1 Å². The Morgan fingerprint density at radius 2 is 1.90 bits per heavy atom. The smallest absolute Gasteiger partial charge is 0.428 e. The minimum atomic E-state index is -4.49. The van der Waals surface area contributed by atoms with Gasteiger partial charge in [0.05, 0.1) is 0 Å². The zero-order chi connectivity index (χ0) is 15.6. The Kier molecular flexibility index (Phi) is 4.66. The quantitative estimate of drug-likeness (QED) is 0.807. The van der Waals surface area contributed by atoms with Crippen LogP contribution in [0.25, 0.3) is 0 Å². The molecule has 0 bridgehead atoms. The molecule has 0 spiro atoms. The topological polar surface area (TPSA) is 21.3 Å². The van der Waals surface area contributed by atoms with Crippen LogP contribution >= 0.6 is 11.6 Å². The first-order chi connectivity index (χ1) is 9.79. The normalized spacial score (nSPS) is 20.1. The molecule has 0 fully saturated rings. The van der Waals surface area contributed by atoms with Gasteiger partial charge in [0.2, 0.25) is 0 Å². The van der Waals surface area contributed by atoms with E-state index in [1.807, 2.05) is 6.92 Å². The van der Waals surface area contributed by atoms with Gasteiger partial charge in [-0.1, -0.05) is 30.7 Å². The molecule has 116 valence electrons. The van der Waals surface area contributed by atoms with E-state index in [9.17, 15) is 17.6 Å². The maximum Gasteiger partial charge on any atom is 0.461 e. The van der Waals surface area contributed by atoms with Gasteiger partial charge in [0.15, 0.2) is 0 Å². The lowest BCUT2D eigenvalue weighted by Crippen LogP contribution is -2.33. The second-order valence-corrected chi connectivity index (χ2v) is 5.38. The molecule has 1 aliphatic rings. The van der Waals surface area contributed by atoms with Crippen molar-refractivity contribution in [2.75, 3.05) is 0 Å². The summed E-state index contributed by atoms with van der Waals surface area (Å²) in [6, 6.07) is 5.79. The van der Waals surface area contributed by atoms with Gasteiger partial charge in [-0.15, -0.1) is 0 Å². The molecule has 7 heteroatoms. The first-order valence-corrected chi connectivity index (χ1v) is 6.73. The van der Waals surface area contributed by atoms with Crippen LogP contribution in [0.2, 0.25) is 0 Å². The number of rotatable bonds is 5. The van der Waals surface area contributed by atoms with Crippen LogP contribution < -0.4 is 10.1 Å². The van der Waals surface area contributed by atoms with Crippen molar-refractivity contribution in [3.8, 4) is 5.75 Å². The molecular weight excluding hydrogens is 310 g/mol. The van der Waals surface area contributed by atoms with Crippen LogP contribution in [-0.2, 0) is 0 Å². The fraction of sp³-hybridized carbons (Fsp3) is 0.429. The molecule has 0 aliphatic carbocycles. The van der Waals surface area contributed by atoms with Crippen LogP contribution in [0.5, 0.6) is 5.75 Å². The molecular formula is C14H14ClF4NO. The van der Waals surface area contributed by atoms with Crippen LogP contribution in [0.1, 0.15) is 24.8 Å². The lowest BCUT2D eigenvalue weighted by molar-refractivity contribution is -0.253. The summed E-state index contributed by atoms with van der Waals surface area (Å²) in [5, 5.41) is 3.85. The number of nitrogens with one attached hydrogen (secondary N) is 1. The highest BCUT2D eigenvalue weighted by Gasteiger charge is 2.43. The molecule has 2 unspecified atom stereocenters. The van der Waals surface area contributed by atoms with Crippen molar-refractivity contribution >= 4 is 11.6 Å². The molecule has 1 aromatic rings. The van der Waals surface area contributed by atoms with Gasteiger partial charge in [0, 0.05) is 29.6 Å². The van der Waals surface area contributed by atoms with E-state index >= 15 is 0 Å². The molecule has 2 nitrogen and oxygen atoms in total. The minimum Gasteiger partial charge on any atom is -0.428 e. The molecule has 1 aromatic carbocycles. The number of ether oxygens (including phenoxy) is 1. The average molecular weight is 324 g/mol. The zero-order valence-electron chi connectivity index (χ0n) is 11.1. The van der Waals surface area contributed by atoms with Gasteiger partial charge in [0.25, 0.3) is 0 Å². The summed E-state index contributed by atoms with van der Waals surface area (Å²) in [6.45, 7) is 1.96. The third-order valence-electron chi connectivity index (χ3n) is 3.39. The van der Waals surface area contributed by atoms with Crippen molar-refractivity contribution in [1.82, 2.24) is 5.32 Å². The van der Waals surface area contributed by atoms with Gasteiger partial charge in [-0.05, 0) is 17.7 Å². The second kappa shape index (κ2) is 6.13. The highest BCUT2D eigenvalue weighted by molar-refractivity contribution is 6.29. The second-order valence-electron chi connectivity index (χ2n) is 4.89. The van der Waals surface area contributed by atoms with E-state index in [0.717, 1.165) is 10.6 Å². The van der Waals surface area contributed by atoms with Gasteiger partial charge < -0.3 is 10.1 Å². The van der Waals surface area contributed by atoms with Crippen LogP contribution in [0.4, 0.5) is 17.6 Å². The zero-order valence-corrected chi connectivity index (χ0v) is 11.9. The van der Waals surface area contributed by atoms with Gasteiger partial charge in [-0.3, -0.25) is 0 Å². The first-order valence-electron chi connectivity index (χ1n) is 6.35. The fourth-order valence-electron chi connectivity index (χ4n) is 2.12. The van der Waals surface area contributed by atoms with E-state index < -0.39 is 12.5 Å². The van der Waals surface area contributed by atoms with Gasteiger partial charge in [-0.25, -0.2) is 0 Å². The maximum atomic E-state index is 12.8. The number of hydrogen-bond donors (Lipinski definition) is 1. The Morgan fingerprint density at radius 3 is 2.38 bits per heavy atom. The monoisotopic (exact) mass is 323 g/mol. The van der Waals surface area contributed by atoms with Crippen LogP contribution in [0.3, 0.4) is 0 Å². The van der Waals surface area contributed by atoms with Gasteiger partial charge in [0.1, 0.15) is 5.75 Å². The van der Waals surface area contributed by atoms with Crippen molar-refractivity contribution in [2.24, 2.45) is 0 Å². The predicted molar refractivity (Wildman–Crippen MR) is 71.9 cm³/mol. The van der Waals surface area contributed by atoms with E-state index in [1.54, 1.807) is 18.3 Å². The van der Waals surface area contributed by atoms with Crippen LogP contribution in [-0.4, -0.2) is 18.6 Å². The Labute approximate surface area is 124 Å². The van der Waals surface area contributed by atoms with E-state index in [2.05, 4.69) is 10.1 Å². The summed E-state index contributed by atoms with van der Waals surface area (Å²) >= 11 is 5.89. The van der Waals surface area contributed by atoms with Crippen molar-refractivity contribution in [3.63, 3.8) is 0 Å². The predicted octanol–water partition coefficient (Wildman–Crippen LogP) is 4.47. The van der Waals surface area contributed by atoms with Gasteiger partial charge >= 0.3 is 12.5 Å². The lowest BCUT2D eigenvalue weighted by Gasteiger charge is -2.21. The first kappa shape index (κ1) is 15.9. The maximum absolute atomic E-state index is 12.8. The van der Waals surface area contributed by atoms with E-state index in [1.165, 1.54) is 12.1 Å². The molecule has 0 radical (unpaired) electrons. The molecule has 1 heterocycles. The average Bonchev–Trinajstić information content (AvgIpc) is 2.85. The van der Waals surface area contributed by atoms with Crippen molar-refractivity contribution < 1.29 is 22.3 Å². The molecule has 0 aromatic heterocycles. The summed E-state index contributed by atoms with van der Waals surface area (Å²) in [7, 11) is 0. The summed E-state index contributed by atoms with van der Waals surface area (Å²) < 4.78 is 53.7. The highest BCUT2D eigenvalue weighted by Crippen LogP contribution is 2.31. The molecule has 2 atom stereocenters.